The number of carbonyl (C=O) groups is 1. The Bertz CT molecular complexity index is 698. The van der Waals surface area contributed by atoms with Crippen molar-refractivity contribution in [2.24, 2.45) is 7.05 Å². The number of aromatic nitrogens is 1. The molecule has 0 saturated carbocycles. The Hall–Kier alpha value is -2.11. The average molecular weight is 341 g/mol. The van der Waals surface area contributed by atoms with Gasteiger partial charge in [0.25, 0.3) is 0 Å². The minimum absolute atomic E-state index is 0.0924. The third kappa shape index (κ3) is 4.94. The van der Waals surface area contributed by atoms with E-state index < -0.39 is 5.60 Å². The third-order valence-electron chi connectivity index (χ3n) is 4.89. The van der Waals surface area contributed by atoms with Crippen LogP contribution < -0.4 is 5.32 Å². The van der Waals surface area contributed by atoms with Crippen molar-refractivity contribution in [1.82, 2.24) is 14.8 Å². The van der Waals surface area contributed by atoms with Crippen LogP contribution >= 0.6 is 0 Å². The SMILES string of the molecule is Cn1cccc1CNC(=O)CC1(O)CCCN(Cc2ccccc2)C1. The molecule has 1 amide bonds. The van der Waals surface area contributed by atoms with E-state index in [1.807, 2.05) is 48.1 Å². The normalized spacial score (nSPS) is 21.2. The maximum atomic E-state index is 12.3. The number of benzene rings is 1. The van der Waals surface area contributed by atoms with E-state index in [9.17, 15) is 9.90 Å². The molecule has 25 heavy (non-hydrogen) atoms. The Balaban J connectivity index is 1.51. The molecule has 5 heteroatoms. The second kappa shape index (κ2) is 7.85. The van der Waals surface area contributed by atoms with E-state index in [4.69, 9.17) is 0 Å². The number of rotatable bonds is 6. The Morgan fingerprint density at radius 2 is 2.04 bits per heavy atom. The van der Waals surface area contributed by atoms with Crippen molar-refractivity contribution in [1.29, 1.82) is 0 Å². The van der Waals surface area contributed by atoms with Crippen LogP contribution in [0.2, 0.25) is 0 Å². The number of aliphatic hydroxyl groups is 1. The summed E-state index contributed by atoms with van der Waals surface area (Å²) in [5.41, 5.74) is 1.35. The van der Waals surface area contributed by atoms with E-state index in [1.54, 1.807) is 0 Å². The van der Waals surface area contributed by atoms with Crippen molar-refractivity contribution in [3.05, 3.63) is 59.9 Å². The number of hydrogen-bond acceptors (Lipinski definition) is 3. The zero-order valence-corrected chi connectivity index (χ0v) is 14.8. The zero-order valence-electron chi connectivity index (χ0n) is 14.8. The highest BCUT2D eigenvalue weighted by Crippen LogP contribution is 2.25. The number of amides is 1. The Morgan fingerprint density at radius 1 is 1.24 bits per heavy atom. The largest absolute Gasteiger partial charge is 0.388 e. The molecule has 5 nitrogen and oxygen atoms in total. The van der Waals surface area contributed by atoms with Gasteiger partial charge in [0, 0.05) is 32.0 Å². The number of carbonyl (C=O) groups excluding carboxylic acids is 1. The smallest absolute Gasteiger partial charge is 0.223 e. The van der Waals surface area contributed by atoms with Crippen LogP contribution in [0.15, 0.2) is 48.7 Å². The molecule has 1 atom stereocenters. The molecule has 0 aliphatic carbocycles. The second-order valence-electron chi connectivity index (χ2n) is 7.09. The van der Waals surface area contributed by atoms with Gasteiger partial charge in [-0.15, -0.1) is 0 Å². The van der Waals surface area contributed by atoms with E-state index >= 15 is 0 Å². The Morgan fingerprint density at radius 3 is 2.76 bits per heavy atom. The van der Waals surface area contributed by atoms with Crippen molar-refractivity contribution in [3.63, 3.8) is 0 Å². The van der Waals surface area contributed by atoms with Gasteiger partial charge in [-0.25, -0.2) is 0 Å². The molecule has 1 saturated heterocycles. The first-order chi connectivity index (χ1) is 12.0. The molecule has 2 aromatic rings. The van der Waals surface area contributed by atoms with E-state index in [2.05, 4.69) is 22.3 Å². The summed E-state index contributed by atoms with van der Waals surface area (Å²) in [5.74, 6) is -0.0924. The maximum Gasteiger partial charge on any atom is 0.223 e. The summed E-state index contributed by atoms with van der Waals surface area (Å²) in [6.07, 6.45) is 3.70. The first kappa shape index (κ1) is 17.7. The fraction of sp³-hybridized carbons (Fsp3) is 0.450. The molecule has 2 N–H and O–H groups in total. The monoisotopic (exact) mass is 341 g/mol. The number of likely N-dealkylation sites (tertiary alicyclic amines) is 1. The molecule has 134 valence electrons. The van der Waals surface area contributed by atoms with E-state index in [-0.39, 0.29) is 12.3 Å². The molecule has 0 bridgehead atoms. The number of nitrogens with zero attached hydrogens (tertiary/aromatic N) is 2. The summed E-state index contributed by atoms with van der Waals surface area (Å²) < 4.78 is 1.98. The number of hydrogen-bond donors (Lipinski definition) is 2. The standard InChI is InChI=1S/C20H27N3O2/c1-22-11-5-9-18(22)14-21-19(24)13-20(25)10-6-12-23(16-20)15-17-7-3-2-4-8-17/h2-5,7-9,11,25H,6,10,12-16H2,1H3,(H,21,24). The van der Waals surface area contributed by atoms with Crippen molar-refractivity contribution >= 4 is 5.91 Å². The van der Waals surface area contributed by atoms with Gasteiger partial charge in [-0.1, -0.05) is 30.3 Å². The van der Waals surface area contributed by atoms with Crippen molar-refractivity contribution in [2.75, 3.05) is 13.1 Å². The lowest BCUT2D eigenvalue weighted by molar-refractivity contribution is -0.129. The first-order valence-electron chi connectivity index (χ1n) is 8.90. The molecule has 0 spiro atoms. The van der Waals surface area contributed by atoms with Gasteiger partial charge in [0.1, 0.15) is 0 Å². The molecular weight excluding hydrogens is 314 g/mol. The van der Waals surface area contributed by atoms with Crippen LogP contribution in [0, 0.1) is 0 Å². The number of β-amino-alcohol motifs (C(OH)–C–C–N with tert-alkyl or cyclic N) is 1. The molecule has 0 radical (unpaired) electrons. The molecule has 1 aromatic heterocycles. The summed E-state index contributed by atoms with van der Waals surface area (Å²) >= 11 is 0. The molecular formula is C20H27N3O2. The summed E-state index contributed by atoms with van der Waals surface area (Å²) in [6, 6.07) is 14.2. The number of piperidine rings is 1. The van der Waals surface area contributed by atoms with E-state index in [0.717, 1.165) is 25.2 Å². The van der Waals surface area contributed by atoms with Crippen LogP contribution in [0.3, 0.4) is 0 Å². The molecule has 3 rings (SSSR count). The lowest BCUT2D eigenvalue weighted by atomic mass is 9.89. The van der Waals surface area contributed by atoms with Crippen molar-refractivity contribution in [2.45, 2.75) is 38.0 Å². The van der Waals surface area contributed by atoms with Crippen molar-refractivity contribution in [3.8, 4) is 0 Å². The minimum Gasteiger partial charge on any atom is -0.388 e. The van der Waals surface area contributed by atoms with Gasteiger partial charge in [-0.2, -0.15) is 0 Å². The topological polar surface area (TPSA) is 57.5 Å². The quantitative estimate of drug-likeness (QED) is 0.846. The molecule has 2 heterocycles. The van der Waals surface area contributed by atoms with Gasteiger partial charge >= 0.3 is 0 Å². The first-order valence-corrected chi connectivity index (χ1v) is 8.90. The van der Waals surface area contributed by atoms with Gasteiger partial charge in [0.05, 0.1) is 18.6 Å². The van der Waals surface area contributed by atoms with E-state index in [1.165, 1.54) is 5.56 Å². The Kier molecular flexibility index (Phi) is 5.56. The van der Waals surface area contributed by atoms with Crippen LogP contribution in [0.5, 0.6) is 0 Å². The third-order valence-corrected chi connectivity index (χ3v) is 4.89. The fourth-order valence-corrected chi connectivity index (χ4v) is 3.56. The summed E-state index contributed by atoms with van der Waals surface area (Å²) in [5, 5.41) is 13.8. The highest BCUT2D eigenvalue weighted by molar-refractivity contribution is 5.77. The van der Waals surface area contributed by atoms with Gasteiger partial charge in [0.15, 0.2) is 0 Å². The lowest BCUT2D eigenvalue weighted by Gasteiger charge is -2.39. The highest BCUT2D eigenvalue weighted by atomic mass is 16.3. The van der Waals surface area contributed by atoms with Crippen LogP contribution in [-0.4, -0.2) is 39.2 Å². The molecule has 1 aromatic carbocycles. The van der Waals surface area contributed by atoms with E-state index in [0.29, 0.717) is 19.5 Å². The fourth-order valence-electron chi connectivity index (χ4n) is 3.56. The predicted molar refractivity (Wildman–Crippen MR) is 97.8 cm³/mol. The molecule has 1 aliphatic heterocycles. The highest BCUT2D eigenvalue weighted by Gasteiger charge is 2.35. The van der Waals surface area contributed by atoms with Gasteiger partial charge < -0.3 is 15.0 Å². The minimum atomic E-state index is -0.939. The lowest BCUT2D eigenvalue weighted by Crippen LogP contribution is -2.50. The summed E-state index contributed by atoms with van der Waals surface area (Å²) in [6.45, 7) is 2.81. The number of aryl methyl sites for hydroxylation is 1. The van der Waals surface area contributed by atoms with Crippen LogP contribution in [-0.2, 0) is 24.9 Å². The zero-order chi connectivity index (χ0) is 17.7. The molecule has 1 aliphatic rings. The molecule has 1 unspecified atom stereocenters. The second-order valence-corrected chi connectivity index (χ2v) is 7.09. The maximum absolute atomic E-state index is 12.3. The van der Waals surface area contributed by atoms with Crippen LogP contribution in [0.25, 0.3) is 0 Å². The van der Waals surface area contributed by atoms with Crippen molar-refractivity contribution < 1.29 is 9.90 Å². The van der Waals surface area contributed by atoms with Gasteiger partial charge in [-0.05, 0) is 37.1 Å². The summed E-state index contributed by atoms with van der Waals surface area (Å²) in [4.78, 5) is 14.5. The van der Waals surface area contributed by atoms with Crippen LogP contribution in [0.4, 0.5) is 0 Å². The summed E-state index contributed by atoms with van der Waals surface area (Å²) in [7, 11) is 1.96. The average Bonchev–Trinajstić information content (AvgIpc) is 2.99. The van der Waals surface area contributed by atoms with Crippen LogP contribution in [0.1, 0.15) is 30.5 Å². The number of nitrogens with one attached hydrogen (secondary N) is 1. The Labute approximate surface area is 149 Å². The predicted octanol–water partition coefficient (Wildman–Crippen LogP) is 2.06. The molecule has 1 fully saturated rings. The van der Waals surface area contributed by atoms with Gasteiger partial charge in [-0.3, -0.25) is 9.69 Å². The van der Waals surface area contributed by atoms with Gasteiger partial charge in [0.2, 0.25) is 5.91 Å².